The van der Waals surface area contributed by atoms with Crippen molar-refractivity contribution in [2.75, 3.05) is 45.6 Å². The maximum atomic E-state index is 12.4. The lowest BCUT2D eigenvalue weighted by molar-refractivity contribution is 0.0768. The van der Waals surface area contributed by atoms with Gasteiger partial charge in [0.25, 0.3) is 5.91 Å². The molecule has 1 saturated heterocycles. The van der Waals surface area contributed by atoms with E-state index in [1.807, 2.05) is 7.05 Å². The van der Waals surface area contributed by atoms with Gasteiger partial charge in [-0.3, -0.25) is 9.78 Å². The van der Waals surface area contributed by atoms with Gasteiger partial charge in [-0.15, -0.1) is 0 Å². The highest BCUT2D eigenvalue weighted by molar-refractivity contribution is 5.92. The first-order valence-corrected chi connectivity index (χ1v) is 7.60. The van der Waals surface area contributed by atoms with E-state index in [2.05, 4.69) is 34.2 Å². The smallest absolute Gasteiger partial charge is 0.273 e. The number of likely N-dealkylation sites (tertiary alicyclic amines) is 1. The zero-order chi connectivity index (χ0) is 15.2. The first-order valence-electron chi connectivity index (χ1n) is 7.60. The molecule has 0 radical (unpaired) electrons. The van der Waals surface area contributed by atoms with Crippen LogP contribution in [0.15, 0.2) is 12.4 Å². The van der Waals surface area contributed by atoms with Gasteiger partial charge in [-0.05, 0) is 32.4 Å². The third-order valence-corrected chi connectivity index (χ3v) is 3.78. The second kappa shape index (κ2) is 7.36. The molecule has 1 aromatic rings. The molecule has 1 amide bonds. The van der Waals surface area contributed by atoms with Gasteiger partial charge >= 0.3 is 0 Å². The molecule has 1 atom stereocenters. The molecule has 21 heavy (non-hydrogen) atoms. The summed E-state index contributed by atoms with van der Waals surface area (Å²) in [5.74, 6) is 1.16. The lowest BCUT2D eigenvalue weighted by atomic mass is 10.1. The highest BCUT2D eigenvalue weighted by Gasteiger charge is 2.23. The van der Waals surface area contributed by atoms with Crippen LogP contribution in [0.5, 0.6) is 0 Å². The minimum Gasteiger partial charge on any atom is -0.369 e. The minimum absolute atomic E-state index is 0.0581. The van der Waals surface area contributed by atoms with Gasteiger partial charge in [0.1, 0.15) is 11.5 Å². The second-order valence-corrected chi connectivity index (χ2v) is 5.82. The number of nitrogens with one attached hydrogen (secondary N) is 1. The Morgan fingerprint density at radius 3 is 3.00 bits per heavy atom. The van der Waals surface area contributed by atoms with E-state index >= 15 is 0 Å². The van der Waals surface area contributed by atoms with Crippen LogP contribution in [-0.2, 0) is 0 Å². The summed E-state index contributed by atoms with van der Waals surface area (Å²) in [7, 11) is 3.96. The Morgan fingerprint density at radius 1 is 1.52 bits per heavy atom. The quantitative estimate of drug-likeness (QED) is 0.856. The third kappa shape index (κ3) is 4.39. The monoisotopic (exact) mass is 291 g/mol. The van der Waals surface area contributed by atoms with Crippen molar-refractivity contribution < 1.29 is 4.79 Å². The third-order valence-electron chi connectivity index (χ3n) is 3.78. The molecule has 6 heteroatoms. The molecule has 1 aliphatic heterocycles. The highest BCUT2D eigenvalue weighted by Crippen LogP contribution is 2.16. The average molecular weight is 291 g/mol. The number of anilines is 1. The summed E-state index contributed by atoms with van der Waals surface area (Å²) < 4.78 is 0. The van der Waals surface area contributed by atoms with E-state index in [4.69, 9.17) is 0 Å². The van der Waals surface area contributed by atoms with Crippen molar-refractivity contribution in [3.63, 3.8) is 0 Å². The molecule has 0 aromatic carbocycles. The molecule has 2 rings (SSSR count). The number of carbonyl (C=O) groups is 1. The largest absolute Gasteiger partial charge is 0.369 e. The molecule has 116 valence electrons. The Hall–Kier alpha value is -1.69. The predicted octanol–water partition coefficient (Wildman–Crippen LogP) is 1.32. The highest BCUT2D eigenvalue weighted by atomic mass is 16.2. The summed E-state index contributed by atoms with van der Waals surface area (Å²) in [4.78, 5) is 24.9. The van der Waals surface area contributed by atoms with E-state index in [0.29, 0.717) is 17.4 Å². The van der Waals surface area contributed by atoms with Crippen LogP contribution in [0.25, 0.3) is 0 Å². The van der Waals surface area contributed by atoms with E-state index in [1.54, 1.807) is 11.1 Å². The van der Waals surface area contributed by atoms with Gasteiger partial charge in [-0.1, -0.05) is 6.92 Å². The Balaban J connectivity index is 1.95. The second-order valence-electron chi connectivity index (χ2n) is 5.82. The van der Waals surface area contributed by atoms with Crippen molar-refractivity contribution in [1.82, 2.24) is 19.8 Å². The first-order chi connectivity index (χ1) is 10.1. The van der Waals surface area contributed by atoms with Crippen LogP contribution in [0.3, 0.4) is 0 Å². The Morgan fingerprint density at radius 2 is 2.33 bits per heavy atom. The molecule has 0 saturated carbocycles. The van der Waals surface area contributed by atoms with Crippen LogP contribution >= 0.6 is 0 Å². The number of rotatable bonds is 6. The maximum Gasteiger partial charge on any atom is 0.273 e. The molecule has 1 aromatic heterocycles. The van der Waals surface area contributed by atoms with E-state index in [0.717, 1.165) is 39.0 Å². The van der Waals surface area contributed by atoms with Crippen LogP contribution in [0, 0.1) is 5.92 Å². The van der Waals surface area contributed by atoms with E-state index in [-0.39, 0.29) is 5.91 Å². The summed E-state index contributed by atoms with van der Waals surface area (Å²) in [5, 5.41) is 3.16. The Bertz CT molecular complexity index is 479. The summed E-state index contributed by atoms with van der Waals surface area (Å²) in [6.45, 7) is 5.86. The van der Waals surface area contributed by atoms with Crippen LogP contribution in [0.4, 0.5) is 5.82 Å². The zero-order valence-corrected chi connectivity index (χ0v) is 13.2. The van der Waals surface area contributed by atoms with Crippen molar-refractivity contribution in [1.29, 1.82) is 0 Å². The molecule has 0 aliphatic carbocycles. The summed E-state index contributed by atoms with van der Waals surface area (Å²) in [5.41, 5.74) is 0.407. The van der Waals surface area contributed by atoms with Crippen molar-refractivity contribution in [2.24, 2.45) is 5.92 Å². The molecule has 1 N–H and O–H groups in total. The fraction of sp³-hybridized carbons (Fsp3) is 0.667. The molecular formula is C15H25N5O. The van der Waals surface area contributed by atoms with Gasteiger partial charge in [0.2, 0.25) is 0 Å². The molecule has 1 aliphatic rings. The SMILES string of the molecule is CCCNc1cncc(C(=O)N(C)CC2CCN(C)C2)n1. The normalized spacial score (nSPS) is 18.7. The van der Waals surface area contributed by atoms with Gasteiger partial charge < -0.3 is 15.1 Å². The summed E-state index contributed by atoms with van der Waals surface area (Å²) in [6, 6.07) is 0. The van der Waals surface area contributed by atoms with Gasteiger partial charge in [-0.2, -0.15) is 0 Å². The Labute approximate surface area is 126 Å². The fourth-order valence-electron chi connectivity index (χ4n) is 2.65. The van der Waals surface area contributed by atoms with E-state index < -0.39 is 0 Å². The topological polar surface area (TPSA) is 61.4 Å². The maximum absolute atomic E-state index is 12.4. The van der Waals surface area contributed by atoms with Gasteiger partial charge in [0.05, 0.1) is 12.4 Å². The lowest BCUT2D eigenvalue weighted by Crippen LogP contribution is -2.33. The number of aromatic nitrogens is 2. The molecule has 1 unspecified atom stereocenters. The van der Waals surface area contributed by atoms with E-state index in [9.17, 15) is 4.79 Å². The van der Waals surface area contributed by atoms with Crippen LogP contribution < -0.4 is 5.32 Å². The standard InChI is InChI=1S/C15H25N5O/c1-4-6-17-14-9-16-8-13(18-14)15(21)20(3)11-12-5-7-19(2)10-12/h8-9,12H,4-7,10-11H2,1-3H3,(H,17,18). The first kappa shape index (κ1) is 15.7. The number of hydrogen-bond donors (Lipinski definition) is 1. The molecule has 2 heterocycles. The number of nitrogens with zero attached hydrogens (tertiary/aromatic N) is 4. The van der Waals surface area contributed by atoms with Crippen LogP contribution in [-0.4, -0.2) is 65.9 Å². The molecule has 0 spiro atoms. The Kier molecular flexibility index (Phi) is 5.50. The zero-order valence-electron chi connectivity index (χ0n) is 13.2. The number of carbonyl (C=O) groups excluding carboxylic acids is 1. The van der Waals surface area contributed by atoms with Gasteiger partial charge in [0.15, 0.2) is 0 Å². The number of amides is 1. The van der Waals surface area contributed by atoms with Crippen LogP contribution in [0.1, 0.15) is 30.3 Å². The lowest BCUT2D eigenvalue weighted by Gasteiger charge is -2.21. The fourth-order valence-corrected chi connectivity index (χ4v) is 2.65. The summed E-state index contributed by atoms with van der Waals surface area (Å²) in [6.07, 6.45) is 5.35. The van der Waals surface area contributed by atoms with Gasteiger partial charge in [0, 0.05) is 26.7 Å². The average Bonchev–Trinajstić information content (AvgIpc) is 2.89. The van der Waals surface area contributed by atoms with Crippen molar-refractivity contribution in [2.45, 2.75) is 19.8 Å². The molecular weight excluding hydrogens is 266 g/mol. The van der Waals surface area contributed by atoms with E-state index in [1.165, 1.54) is 6.20 Å². The molecule has 6 nitrogen and oxygen atoms in total. The molecule has 1 fully saturated rings. The van der Waals surface area contributed by atoms with Gasteiger partial charge in [-0.25, -0.2) is 4.98 Å². The van der Waals surface area contributed by atoms with Crippen molar-refractivity contribution >= 4 is 11.7 Å². The molecule has 0 bridgehead atoms. The van der Waals surface area contributed by atoms with Crippen molar-refractivity contribution in [3.8, 4) is 0 Å². The summed E-state index contributed by atoms with van der Waals surface area (Å²) >= 11 is 0. The predicted molar refractivity (Wildman–Crippen MR) is 83.4 cm³/mol. The number of hydrogen-bond acceptors (Lipinski definition) is 5. The van der Waals surface area contributed by atoms with Crippen molar-refractivity contribution in [3.05, 3.63) is 18.1 Å². The van der Waals surface area contributed by atoms with Crippen LogP contribution in [0.2, 0.25) is 0 Å². The minimum atomic E-state index is -0.0581.